The Balaban J connectivity index is 1.82. The molecule has 2 rings (SSSR count). The summed E-state index contributed by atoms with van der Waals surface area (Å²) in [5, 5.41) is 10.0. The molecule has 1 aliphatic rings. The van der Waals surface area contributed by atoms with Crippen molar-refractivity contribution in [3.05, 3.63) is 33.8 Å². The van der Waals surface area contributed by atoms with Crippen molar-refractivity contribution in [1.82, 2.24) is 4.90 Å². The number of rotatable bonds is 3. The highest BCUT2D eigenvalue weighted by atomic mass is 35.5. The van der Waals surface area contributed by atoms with E-state index < -0.39 is 6.09 Å². The van der Waals surface area contributed by atoms with Crippen LogP contribution in [0.3, 0.4) is 0 Å². The van der Waals surface area contributed by atoms with Gasteiger partial charge in [-0.3, -0.25) is 0 Å². The van der Waals surface area contributed by atoms with Crippen molar-refractivity contribution in [3.8, 4) is 0 Å². The molecule has 1 aromatic rings. The second-order valence-corrected chi connectivity index (χ2v) is 5.43. The second kappa shape index (κ2) is 6.46. The van der Waals surface area contributed by atoms with E-state index in [0.717, 1.165) is 18.4 Å². The summed E-state index contributed by atoms with van der Waals surface area (Å²) in [6, 6.07) is 5.32. The quantitative estimate of drug-likeness (QED) is 0.927. The van der Waals surface area contributed by atoms with Crippen LogP contribution in [-0.2, 0) is 11.3 Å². The predicted molar refractivity (Wildman–Crippen MR) is 73.9 cm³/mol. The molecule has 0 aliphatic carbocycles. The Kier molecular flexibility index (Phi) is 4.91. The SMILES string of the molecule is O=C(O)N1CCC(OCc2cc(Cl)cc(Cl)c2)CC1. The van der Waals surface area contributed by atoms with Gasteiger partial charge in [0, 0.05) is 23.1 Å². The Bertz CT molecular complexity index is 439. The molecular formula is C13H15Cl2NO3. The van der Waals surface area contributed by atoms with E-state index >= 15 is 0 Å². The third-order valence-electron chi connectivity index (χ3n) is 3.12. The molecule has 0 aromatic heterocycles. The molecule has 1 aromatic carbocycles. The first-order chi connectivity index (χ1) is 9.04. The molecule has 1 N–H and O–H groups in total. The van der Waals surface area contributed by atoms with E-state index in [2.05, 4.69) is 0 Å². The van der Waals surface area contributed by atoms with Crippen LogP contribution in [0.2, 0.25) is 10.0 Å². The normalized spacial score (nSPS) is 16.6. The molecule has 1 aliphatic heterocycles. The van der Waals surface area contributed by atoms with Gasteiger partial charge in [0.1, 0.15) is 0 Å². The summed E-state index contributed by atoms with van der Waals surface area (Å²) >= 11 is 11.8. The summed E-state index contributed by atoms with van der Waals surface area (Å²) in [4.78, 5) is 12.2. The fraction of sp³-hybridized carbons (Fsp3) is 0.462. The second-order valence-electron chi connectivity index (χ2n) is 4.56. The van der Waals surface area contributed by atoms with Crippen LogP contribution in [-0.4, -0.2) is 35.3 Å². The lowest BCUT2D eigenvalue weighted by Gasteiger charge is -2.29. The summed E-state index contributed by atoms with van der Waals surface area (Å²) in [7, 11) is 0. The highest BCUT2D eigenvalue weighted by Crippen LogP contribution is 2.21. The average Bonchev–Trinajstić information content (AvgIpc) is 2.36. The maximum Gasteiger partial charge on any atom is 0.407 e. The molecule has 104 valence electrons. The van der Waals surface area contributed by atoms with Gasteiger partial charge in [0.25, 0.3) is 0 Å². The van der Waals surface area contributed by atoms with E-state index in [0.29, 0.717) is 29.7 Å². The minimum Gasteiger partial charge on any atom is -0.465 e. The number of amides is 1. The molecule has 0 atom stereocenters. The molecule has 1 fully saturated rings. The minimum absolute atomic E-state index is 0.0911. The Labute approximate surface area is 121 Å². The predicted octanol–water partition coefficient (Wildman–Crippen LogP) is 3.65. The average molecular weight is 304 g/mol. The Hall–Kier alpha value is -0.970. The zero-order chi connectivity index (χ0) is 13.8. The van der Waals surface area contributed by atoms with Crippen LogP contribution in [0.25, 0.3) is 0 Å². The maximum atomic E-state index is 10.8. The first-order valence-electron chi connectivity index (χ1n) is 6.09. The molecule has 0 unspecified atom stereocenters. The van der Waals surface area contributed by atoms with E-state index in [1.165, 1.54) is 4.90 Å². The van der Waals surface area contributed by atoms with Crippen LogP contribution in [0, 0.1) is 0 Å². The van der Waals surface area contributed by atoms with Crippen molar-refractivity contribution in [3.63, 3.8) is 0 Å². The van der Waals surface area contributed by atoms with Crippen molar-refractivity contribution < 1.29 is 14.6 Å². The maximum absolute atomic E-state index is 10.8. The standard InChI is InChI=1S/C13H15Cl2NO3/c14-10-5-9(6-11(15)7-10)8-19-12-1-3-16(4-2-12)13(17)18/h5-7,12H,1-4,8H2,(H,17,18). The molecule has 4 nitrogen and oxygen atoms in total. The Morgan fingerprint density at radius 2 is 1.84 bits per heavy atom. The number of ether oxygens (including phenoxy) is 1. The lowest BCUT2D eigenvalue weighted by atomic mass is 10.1. The third kappa shape index (κ3) is 4.27. The summed E-state index contributed by atoms with van der Waals surface area (Å²) < 4.78 is 5.77. The monoisotopic (exact) mass is 303 g/mol. The van der Waals surface area contributed by atoms with Crippen molar-refractivity contribution in [1.29, 1.82) is 0 Å². The van der Waals surface area contributed by atoms with E-state index in [1.54, 1.807) is 6.07 Å². The molecule has 1 heterocycles. The Morgan fingerprint density at radius 3 is 2.37 bits per heavy atom. The lowest BCUT2D eigenvalue weighted by molar-refractivity contribution is 0.000372. The van der Waals surface area contributed by atoms with Crippen LogP contribution in [0.1, 0.15) is 18.4 Å². The molecule has 0 radical (unpaired) electrons. The summed E-state index contributed by atoms with van der Waals surface area (Å²) in [5.41, 5.74) is 0.929. The van der Waals surface area contributed by atoms with Gasteiger partial charge >= 0.3 is 6.09 Å². The van der Waals surface area contributed by atoms with Gasteiger partial charge < -0.3 is 14.7 Å². The van der Waals surface area contributed by atoms with Gasteiger partial charge in [-0.15, -0.1) is 0 Å². The fourth-order valence-corrected chi connectivity index (χ4v) is 2.69. The number of carbonyl (C=O) groups is 1. The van der Waals surface area contributed by atoms with Crippen LogP contribution < -0.4 is 0 Å². The van der Waals surface area contributed by atoms with Crippen molar-refractivity contribution in [2.75, 3.05) is 13.1 Å². The fourth-order valence-electron chi connectivity index (χ4n) is 2.12. The summed E-state index contributed by atoms with van der Waals surface area (Å²) in [6.45, 7) is 1.49. The van der Waals surface area contributed by atoms with E-state index in [1.807, 2.05) is 12.1 Å². The van der Waals surface area contributed by atoms with Crippen LogP contribution in [0.4, 0.5) is 4.79 Å². The van der Waals surface area contributed by atoms with E-state index in [4.69, 9.17) is 33.0 Å². The highest BCUT2D eigenvalue weighted by Gasteiger charge is 2.22. The van der Waals surface area contributed by atoms with E-state index in [-0.39, 0.29) is 6.10 Å². The number of carboxylic acid groups (broad SMARTS) is 1. The molecular weight excluding hydrogens is 289 g/mol. The molecule has 0 bridgehead atoms. The number of piperidine rings is 1. The van der Waals surface area contributed by atoms with Gasteiger partial charge in [-0.2, -0.15) is 0 Å². The van der Waals surface area contributed by atoms with E-state index in [9.17, 15) is 4.79 Å². The summed E-state index contributed by atoms with van der Waals surface area (Å²) in [5.74, 6) is 0. The van der Waals surface area contributed by atoms with Gasteiger partial charge in [-0.05, 0) is 36.6 Å². The number of likely N-dealkylation sites (tertiary alicyclic amines) is 1. The molecule has 19 heavy (non-hydrogen) atoms. The van der Waals surface area contributed by atoms with Crippen LogP contribution in [0.5, 0.6) is 0 Å². The van der Waals surface area contributed by atoms with Gasteiger partial charge in [-0.1, -0.05) is 23.2 Å². The largest absolute Gasteiger partial charge is 0.465 e. The molecule has 0 saturated carbocycles. The third-order valence-corrected chi connectivity index (χ3v) is 3.56. The smallest absolute Gasteiger partial charge is 0.407 e. The first-order valence-corrected chi connectivity index (χ1v) is 6.84. The number of benzene rings is 1. The van der Waals surface area contributed by atoms with Gasteiger partial charge in [0.2, 0.25) is 0 Å². The zero-order valence-corrected chi connectivity index (χ0v) is 11.8. The zero-order valence-electron chi connectivity index (χ0n) is 10.3. The molecule has 0 spiro atoms. The van der Waals surface area contributed by atoms with Crippen molar-refractivity contribution in [2.24, 2.45) is 0 Å². The first kappa shape index (κ1) is 14.4. The van der Waals surface area contributed by atoms with Gasteiger partial charge in [0.05, 0.1) is 12.7 Å². The minimum atomic E-state index is -0.861. The van der Waals surface area contributed by atoms with Gasteiger partial charge in [0.15, 0.2) is 0 Å². The Morgan fingerprint density at radius 1 is 1.26 bits per heavy atom. The topological polar surface area (TPSA) is 49.8 Å². The van der Waals surface area contributed by atoms with Crippen molar-refractivity contribution >= 4 is 29.3 Å². The number of halogens is 2. The van der Waals surface area contributed by atoms with Crippen LogP contribution >= 0.6 is 23.2 Å². The van der Waals surface area contributed by atoms with Crippen molar-refractivity contribution in [2.45, 2.75) is 25.6 Å². The van der Waals surface area contributed by atoms with Gasteiger partial charge in [-0.25, -0.2) is 4.79 Å². The lowest BCUT2D eigenvalue weighted by Crippen LogP contribution is -2.40. The number of hydrogen-bond acceptors (Lipinski definition) is 2. The van der Waals surface area contributed by atoms with Crippen LogP contribution in [0.15, 0.2) is 18.2 Å². The summed E-state index contributed by atoms with van der Waals surface area (Å²) in [6.07, 6.45) is 0.676. The molecule has 1 amide bonds. The highest BCUT2D eigenvalue weighted by molar-refractivity contribution is 6.34. The number of nitrogens with zero attached hydrogens (tertiary/aromatic N) is 1. The molecule has 1 saturated heterocycles. The molecule has 6 heteroatoms. The number of hydrogen-bond donors (Lipinski definition) is 1.